The Labute approximate surface area is 128 Å². The van der Waals surface area contributed by atoms with Crippen LogP contribution in [-0.4, -0.2) is 34.7 Å². The van der Waals surface area contributed by atoms with Gasteiger partial charge >= 0.3 is 0 Å². The van der Waals surface area contributed by atoms with Crippen molar-refractivity contribution in [3.8, 4) is 5.75 Å². The number of carbonyl (C=O) groups excluding carboxylic acids is 1. The van der Waals surface area contributed by atoms with Crippen LogP contribution in [0, 0.1) is 0 Å². The van der Waals surface area contributed by atoms with Gasteiger partial charge in [-0.05, 0) is 29.8 Å². The smallest absolute Gasteiger partial charge is 0.261 e. The molecule has 2 heterocycles. The van der Waals surface area contributed by atoms with E-state index in [4.69, 9.17) is 4.74 Å². The molecule has 4 nitrogen and oxygen atoms in total. The van der Waals surface area contributed by atoms with Crippen LogP contribution in [0.3, 0.4) is 0 Å². The van der Waals surface area contributed by atoms with E-state index < -0.39 is 0 Å². The zero-order valence-corrected chi connectivity index (χ0v) is 12.3. The molecule has 1 aliphatic heterocycles. The lowest BCUT2D eigenvalue weighted by Gasteiger charge is -2.24. The maximum absolute atomic E-state index is 12.4. The van der Waals surface area contributed by atoms with Gasteiger partial charge < -0.3 is 9.64 Å². The molecule has 1 aliphatic rings. The number of pyridine rings is 1. The van der Waals surface area contributed by atoms with Gasteiger partial charge in [0.15, 0.2) is 6.61 Å². The highest BCUT2D eigenvalue weighted by atomic mass is 32.2. The van der Waals surface area contributed by atoms with Crippen molar-refractivity contribution in [3.63, 3.8) is 0 Å². The van der Waals surface area contributed by atoms with Crippen molar-refractivity contribution >= 4 is 17.7 Å². The van der Waals surface area contributed by atoms with Gasteiger partial charge in [0.2, 0.25) is 0 Å². The largest absolute Gasteiger partial charge is 0.484 e. The first kappa shape index (κ1) is 13.9. The van der Waals surface area contributed by atoms with Gasteiger partial charge in [0.25, 0.3) is 5.91 Å². The molecule has 3 rings (SSSR count). The normalized spacial score (nSPS) is 17.7. The zero-order chi connectivity index (χ0) is 14.5. The van der Waals surface area contributed by atoms with Gasteiger partial charge in [-0.25, -0.2) is 0 Å². The van der Waals surface area contributed by atoms with E-state index in [0.717, 1.165) is 23.6 Å². The summed E-state index contributed by atoms with van der Waals surface area (Å²) in [5.41, 5.74) is 1.11. The van der Waals surface area contributed by atoms with E-state index in [1.807, 2.05) is 47.4 Å². The fourth-order valence-electron chi connectivity index (χ4n) is 2.27. The second-order valence-electron chi connectivity index (χ2n) is 4.69. The van der Waals surface area contributed by atoms with Gasteiger partial charge in [-0.3, -0.25) is 9.78 Å². The molecular weight excluding hydrogens is 284 g/mol. The second-order valence-corrected chi connectivity index (χ2v) is 5.88. The minimum atomic E-state index is 0.0191. The molecule has 2 aromatic rings. The molecular formula is C16H16N2O2S. The van der Waals surface area contributed by atoms with Crippen molar-refractivity contribution in [3.05, 3.63) is 60.4 Å². The van der Waals surface area contributed by atoms with E-state index in [1.165, 1.54) is 0 Å². The molecule has 0 unspecified atom stereocenters. The third-order valence-electron chi connectivity index (χ3n) is 3.31. The van der Waals surface area contributed by atoms with Gasteiger partial charge in [-0.15, -0.1) is 11.8 Å². The molecule has 1 atom stereocenters. The Morgan fingerprint density at radius 3 is 2.76 bits per heavy atom. The number of amides is 1. The fraction of sp³-hybridized carbons (Fsp3) is 0.250. The quantitative estimate of drug-likeness (QED) is 0.871. The Kier molecular flexibility index (Phi) is 4.40. The number of rotatable bonds is 4. The molecule has 1 saturated heterocycles. The summed E-state index contributed by atoms with van der Waals surface area (Å²) in [7, 11) is 0. The minimum absolute atomic E-state index is 0.0191. The van der Waals surface area contributed by atoms with Crippen LogP contribution in [0.15, 0.2) is 54.9 Å². The molecule has 21 heavy (non-hydrogen) atoms. The first-order valence-corrected chi connectivity index (χ1v) is 7.88. The molecule has 1 aromatic heterocycles. The minimum Gasteiger partial charge on any atom is -0.484 e. The zero-order valence-electron chi connectivity index (χ0n) is 11.5. The molecule has 108 valence electrons. The Morgan fingerprint density at radius 2 is 2.00 bits per heavy atom. The third-order valence-corrected chi connectivity index (χ3v) is 4.57. The Balaban J connectivity index is 1.64. The number of thioether (sulfide) groups is 1. The SMILES string of the molecule is O=C(COc1ccccc1)N1CCS[C@@H]1c1ccncc1. The van der Waals surface area contributed by atoms with Crippen LogP contribution in [-0.2, 0) is 4.79 Å². The molecule has 1 aromatic carbocycles. The lowest BCUT2D eigenvalue weighted by molar-refractivity contribution is -0.133. The molecule has 1 amide bonds. The molecule has 5 heteroatoms. The predicted molar refractivity (Wildman–Crippen MR) is 83.1 cm³/mol. The lowest BCUT2D eigenvalue weighted by Crippen LogP contribution is -2.34. The number of benzene rings is 1. The van der Waals surface area contributed by atoms with Crippen LogP contribution in [0.25, 0.3) is 0 Å². The second kappa shape index (κ2) is 6.63. The molecule has 0 saturated carbocycles. The van der Waals surface area contributed by atoms with E-state index in [9.17, 15) is 4.79 Å². The topological polar surface area (TPSA) is 42.4 Å². The predicted octanol–water partition coefficient (Wildman–Crippen LogP) is 2.73. The monoisotopic (exact) mass is 300 g/mol. The van der Waals surface area contributed by atoms with Crippen LogP contribution in [0.5, 0.6) is 5.75 Å². The van der Waals surface area contributed by atoms with Crippen LogP contribution >= 0.6 is 11.8 Å². The highest BCUT2D eigenvalue weighted by Gasteiger charge is 2.30. The molecule has 0 bridgehead atoms. The average Bonchev–Trinajstić information content (AvgIpc) is 3.04. The first-order chi connectivity index (χ1) is 10.3. The van der Waals surface area contributed by atoms with Crippen LogP contribution in [0.1, 0.15) is 10.9 Å². The standard InChI is InChI=1S/C16H16N2O2S/c19-15(12-20-14-4-2-1-3-5-14)18-10-11-21-16(18)13-6-8-17-9-7-13/h1-9,16H,10-12H2/t16-/m1/s1. The number of aromatic nitrogens is 1. The van der Waals surface area contributed by atoms with Crippen LogP contribution in [0.4, 0.5) is 0 Å². The summed E-state index contributed by atoms with van der Waals surface area (Å²) in [5.74, 6) is 1.69. The van der Waals surface area contributed by atoms with E-state index in [0.29, 0.717) is 0 Å². The van der Waals surface area contributed by atoms with Gasteiger partial charge in [0.05, 0.1) is 0 Å². The maximum atomic E-state index is 12.4. The van der Waals surface area contributed by atoms with E-state index >= 15 is 0 Å². The van der Waals surface area contributed by atoms with Crippen molar-refractivity contribution in [1.29, 1.82) is 0 Å². The lowest BCUT2D eigenvalue weighted by atomic mass is 10.2. The summed E-state index contributed by atoms with van der Waals surface area (Å²) < 4.78 is 5.55. The highest BCUT2D eigenvalue weighted by molar-refractivity contribution is 7.99. The number of carbonyl (C=O) groups is 1. The molecule has 0 spiro atoms. The van der Waals surface area contributed by atoms with E-state index in [1.54, 1.807) is 24.2 Å². The van der Waals surface area contributed by atoms with Gasteiger partial charge in [0.1, 0.15) is 11.1 Å². The first-order valence-electron chi connectivity index (χ1n) is 6.83. The van der Waals surface area contributed by atoms with Crippen molar-refractivity contribution in [1.82, 2.24) is 9.88 Å². The summed E-state index contributed by atoms with van der Waals surface area (Å²) in [6.45, 7) is 0.834. The maximum Gasteiger partial charge on any atom is 0.261 e. The van der Waals surface area contributed by atoms with Crippen LogP contribution < -0.4 is 4.74 Å². The Morgan fingerprint density at radius 1 is 1.24 bits per heavy atom. The average molecular weight is 300 g/mol. The number of para-hydroxylation sites is 1. The third kappa shape index (κ3) is 3.36. The molecule has 0 N–H and O–H groups in total. The fourth-order valence-corrected chi connectivity index (χ4v) is 3.55. The number of hydrogen-bond acceptors (Lipinski definition) is 4. The molecule has 0 radical (unpaired) electrons. The van der Waals surface area contributed by atoms with Gasteiger partial charge in [0, 0.05) is 24.7 Å². The summed E-state index contributed by atoms with van der Waals surface area (Å²) in [4.78, 5) is 18.3. The molecule has 0 aliphatic carbocycles. The van der Waals surface area contributed by atoms with E-state index in [2.05, 4.69) is 4.98 Å². The summed E-state index contributed by atoms with van der Waals surface area (Å²) in [6, 6.07) is 13.3. The summed E-state index contributed by atoms with van der Waals surface area (Å²) in [5, 5.41) is 0.0693. The van der Waals surface area contributed by atoms with Crippen molar-refractivity contribution in [2.75, 3.05) is 18.9 Å². The number of nitrogens with zero attached hydrogens (tertiary/aromatic N) is 2. The number of ether oxygens (including phenoxy) is 1. The molecule has 1 fully saturated rings. The van der Waals surface area contributed by atoms with Crippen LogP contribution in [0.2, 0.25) is 0 Å². The highest BCUT2D eigenvalue weighted by Crippen LogP contribution is 2.37. The van der Waals surface area contributed by atoms with Crippen molar-refractivity contribution < 1.29 is 9.53 Å². The summed E-state index contributed by atoms with van der Waals surface area (Å²) in [6.07, 6.45) is 3.52. The van der Waals surface area contributed by atoms with E-state index in [-0.39, 0.29) is 17.9 Å². The Hall–Kier alpha value is -2.01. The van der Waals surface area contributed by atoms with Crippen molar-refractivity contribution in [2.45, 2.75) is 5.37 Å². The van der Waals surface area contributed by atoms with Gasteiger partial charge in [-0.1, -0.05) is 18.2 Å². The van der Waals surface area contributed by atoms with Crippen molar-refractivity contribution in [2.24, 2.45) is 0 Å². The summed E-state index contributed by atoms with van der Waals surface area (Å²) >= 11 is 1.78. The Bertz CT molecular complexity index is 592. The number of hydrogen-bond donors (Lipinski definition) is 0. The van der Waals surface area contributed by atoms with Gasteiger partial charge in [-0.2, -0.15) is 0 Å².